The minimum absolute atomic E-state index is 0.262. The van der Waals surface area contributed by atoms with Gasteiger partial charge in [0.25, 0.3) is 0 Å². The zero-order chi connectivity index (χ0) is 15.9. The van der Waals surface area contributed by atoms with Crippen molar-refractivity contribution in [2.24, 2.45) is 5.92 Å². The van der Waals surface area contributed by atoms with Crippen molar-refractivity contribution in [2.75, 3.05) is 18.1 Å². The first kappa shape index (κ1) is 15.9. The van der Waals surface area contributed by atoms with E-state index in [9.17, 15) is 13.2 Å². The quantitative estimate of drug-likeness (QED) is 0.905. The SMILES string of the molecule is C[C@@H]1CCc2nc(NC(=O)[C@@H]3CCCN3S(C)(=O)=O)sc2C1. The Labute approximate surface area is 135 Å². The molecule has 0 saturated carbocycles. The maximum Gasteiger partial charge on any atom is 0.244 e. The molecule has 6 nitrogen and oxygen atoms in total. The molecule has 0 unspecified atom stereocenters. The predicted octanol–water partition coefficient (Wildman–Crippen LogP) is 1.63. The van der Waals surface area contributed by atoms with Crippen molar-refractivity contribution in [3.8, 4) is 0 Å². The molecule has 1 aliphatic heterocycles. The highest BCUT2D eigenvalue weighted by molar-refractivity contribution is 7.88. The molecule has 2 aliphatic rings. The van der Waals surface area contributed by atoms with Gasteiger partial charge in [0.2, 0.25) is 15.9 Å². The number of nitrogens with one attached hydrogen (secondary N) is 1. The van der Waals surface area contributed by atoms with Crippen LogP contribution in [-0.2, 0) is 27.7 Å². The average Bonchev–Trinajstić information content (AvgIpc) is 3.02. The molecular weight excluding hydrogens is 322 g/mol. The summed E-state index contributed by atoms with van der Waals surface area (Å²) in [5.41, 5.74) is 1.09. The first-order valence-electron chi connectivity index (χ1n) is 7.61. The van der Waals surface area contributed by atoms with Crippen molar-refractivity contribution in [3.05, 3.63) is 10.6 Å². The lowest BCUT2D eigenvalue weighted by atomic mass is 9.93. The van der Waals surface area contributed by atoms with Crippen LogP contribution in [0.3, 0.4) is 0 Å². The molecular formula is C14H21N3O3S2. The van der Waals surface area contributed by atoms with E-state index in [4.69, 9.17) is 0 Å². The maximum absolute atomic E-state index is 12.4. The zero-order valence-corrected chi connectivity index (χ0v) is 14.5. The van der Waals surface area contributed by atoms with Crippen LogP contribution in [0, 0.1) is 5.92 Å². The van der Waals surface area contributed by atoms with E-state index in [0.29, 0.717) is 24.0 Å². The first-order chi connectivity index (χ1) is 10.3. The van der Waals surface area contributed by atoms with E-state index >= 15 is 0 Å². The molecule has 122 valence electrons. The number of sulfonamides is 1. The van der Waals surface area contributed by atoms with Crippen molar-refractivity contribution in [1.82, 2.24) is 9.29 Å². The second-order valence-electron chi connectivity index (χ2n) is 6.26. The molecule has 8 heteroatoms. The van der Waals surface area contributed by atoms with Crippen LogP contribution in [0.2, 0.25) is 0 Å². The van der Waals surface area contributed by atoms with Gasteiger partial charge in [0.05, 0.1) is 11.9 Å². The smallest absolute Gasteiger partial charge is 0.244 e. The van der Waals surface area contributed by atoms with Gasteiger partial charge < -0.3 is 5.32 Å². The van der Waals surface area contributed by atoms with Gasteiger partial charge in [-0.05, 0) is 38.0 Å². The van der Waals surface area contributed by atoms with Crippen LogP contribution in [-0.4, -0.2) is 42.5 Å². The third-order valence-corrected chi connectivity index (χ3v) is 6.67. The second-order valence-corrected chi connectivity index (χ2v) is 9.28. The molecule has 3 rings (SSSR count). The standard InChI is InChI=1S/C14H21N3O3S2/c1-9-5-6-10-12(8-9)21-14(15-10)16-13(18)11-4-3-7-17(11)22(2,19)20/h9,11H,3-8H2,1-2H3,(H,15,16,18)/t9-,11+/m1/s1. The lowest BCUT2D eigenvalue weighted by Gasteiger charge is -2.20. The molecule has 1 aromatic rings. The molecule has 1 aliphatic carbocycles. The molecule has 1 aromatic heterocycles. The molecule has 0 radical (unpaired) electrons. The van der Waals surface area contributed by atoms with Crippen molar-refractivity contribution in [1.29, 1.82) is 0 Å². The number of thiazole rings is 1. The van der Waals surface area contributed by atoms with Crippen LogP contribution in [0.25, 0.3) is 0 Å². The minimum Gasteiger partial charge on any atom is -0.301 e. The van der Waals surface area contributed by atoms with Crippen molar-refractivity contribution < 1.29 is 13.2 Å². The Morgan fingerprint density at radius 1 is 1.41 bits per heavy atom. The van der Waals surface area contributed by atoms with Gasteiger partial charge in [-0.15, -0.1) is 11.3 Å². The number of anilines is 1. The largest absolute Gasteiger partial charge is 0.301 e. The Morgan fingerprint density at radius 3 is 2.91 bits per heavy atom. The molecule has 0 aromatic carbocycles. The summed E-state index contributed by atoms with van der Waals surface area (Å²) in [6.07, 6.45) is 5.55. The van der Waals surface area contributed by atoms with Crippen molar-refractivity contribution in [3.63, 3.8) is 0 Å². The number of hydrogen-bond donors (Lipinski definition) is 1. The number of carbonyl (C=O) groups excluding carboxylic acids is 1. The minimum atomic E-state index is -3.34. The Balaban J connectivity index is 1.72. The number of carbonyl (C=O) groups is 1. The van der Waals surface area contributed by atoms with Crippen LogP contribution in [0.1, 0.15) is 36.8 Å². The number of aromatic nitrogens is 1. The number of aryl methyl sites for hydroxylation is 1. The van der Waals surface area contributed by atoms with Crippen LogP contribution in [0.5, 0.6) is 0 Å². The Morgan fingerprint density at radius 2 is 2.18 bits per heavy atom. The van der Waals surface area contributed by atoms with Crippen LogP contribution in [0.4, 0.5) is 5.13 Å². The number of nitrogens with zero attached hydrogens (tertiary/aromatic N) is 2. The van der Waals surface area contributed by atoms with E-state index in [2.05, 4.69) is 17.2 Å². The van der Waals surface area contributed by atoms with Crippen LogP contribution >= 0.6 is 11.3 Å². The van der Waals surface area contributed by atoms with Gasteiger partial charge in [-0.1, -0.05) is 6.92 Å². The lowest BCUT2D eigenvalue weighted by Crippen LogP contribution is -2.42. The summed E-state index contributed by atoms with van der Waals surface area (Å²) in [5, 5.41) is 3.42. The fourth-order valence-corrected chi connectivity index (χ4v) is 5.48. The van der Waals surface area contributed by atoms with Crippen LogP contribution < -0.4 is 5.32 Å². The van der Waals surface area contributed by atoms with E-state index in [1.807, 2.05) is 0 Å². The summed E-state index contributed by atoms with van der Waals surface area (Å²) in [6, 6.07) is -0.602. The third kappa shape index (κ3) is 3.18. The molecule has 0 bridgehead atoms. The number of rotatable bonds is 3. The summed E-state index contributed by atoms with van der Waals surface area (Å²) < 4.78 is 24.7. The molecule has 1 N–H and O–H groups in total. The van der Waals surface area contributed by atoms with Gasteiger partial charge in [0, 0.05) is 11.4 Å². The van der Waals surface area contributed by atoms with Crippen molar-refractivity contribution in [2.45, 2.75) is 45.1 Å². The van der Waals surface area contributed by atoms with Gasteiger partial charge in [0.1, 0.15) is 6.04 Å². The number of amides is 1. The van der Waals surface area contributed by atoms with Crippen LogP contribution in [0.15, 0.2) is 0 Å². The summed E-state index contributed by atoms with van der Waals surface area (Å²) in [6.45, 7) is 2.65. The first-order valence-corrected chi connectivity index (χ1v) is 10.3. The average molecular weight is 343 g/mol. The Kier molecular flexibility index (Phi) is 4.26. The van der Waals surface area contributed by atoms with Gasteiger partial charge in [0.15, 0.2) is 5.13 Å². The summed E-state index contributed by atoms with van der Waals surface area (Å²) >= 11 is 1.52. The molecule has 1 saturated heterocycles. The van der Waals surface area contributed by atoms with E-state index in [0.717, 1.165) is 37.6 Å². The maximum atomic E-state index is 12.4. The molecule has 1 amide bonds. The second kappa shape index (κ2) is 5.90. The van der Waals surface area contributed by atoms with Gasteiger partial charge in [-0.25, -0.2) is 13.4 Å². The topological polar surface area (TPSA) is 79.4 Å². The fraction of sp³-hybridized carbons (Fsp3) is 0.714. The Bertz CT molecular complexity index is 684. The third-order valence-electron chi connectivity index (χ3n) is 4.35. The highest BCUT2D eigenvalue weighted by atomic mass is 32.2. The molecule has 0 spiro atoms. The van der Waals surface area contributed by atoms with E-state index in [1.54, 1.807) is 0 Å². The summed E-state index contributed by atoms with van der Waals surface area (Å²) in [4.78, 5) is 18.2. The van der Waals surface area contributed by atoms with E-state index in [1.165, 1.54) is 20.5 Å². The number of hydrogen-bond acceptors (Lipinski definition) is 5. The van der Waals surface area contributed by atoms with Gasteiger partial charge in [-0.3, -0.25) is 4.79 Å². The van der Waals surface area contributed by atoms with E-state index < -0.39 is 16.1 Å². The normalized spacial score (nSPS) is 25.9. The highest BCUT2D eigenvalue weighted by Crippen LogP contribution is 2.32. The highest BCUT2D eigenvalue weighted by Gasteiger charge is 2.36. The van der Waals surface area contributed by atoms with E-state index in [-0.39, 0.29) is 5.91 Å². The zero-order valence-electron chi connectivity index (χ0n) is 12.8. The lowest BCUT2D eigenvalue weighted by molar-refractivity contribution is -0.119. The molecule has 2 atom stereocenters. The van der Waals surface area contributed by atoms with Crippen molar-refractivity contribution >= 4 is 32.4 Å². The summed E-state index contributed by atoms with van der Waals surface area (Å²) in [5.74, 6) is 0.397. The van der Waals surface area contributed by atoms with Gasteiger partial charge in [-0.2, -0.15) is 4.31 Å². The predicted molar refractivity (Wildman–Crippen MR) is 86.5 cm³/mol. The Hall–Kier alpha value is -0.990. The molecule has 22 heavy (non-hydrogen) atoms. The monoisotopic (exact) mass is 343 g/mol. The van der Waals surface area contributed by atoms with Gasteiger partial charge >= 0.3 is 0 Å². The fourth-order valence-electron chi connectivity index (χ4n) is 3.18. The molecule has 2 heterocycles. The number of fused-ring (bicyclic) bond motifs is 1. The molecule has 1 fully saturated rings. The summed E-state index contributed by atoms with van der Waals surface area (Å²) in [7, 11) is -3.34.